The van der Waals surface area contributed by atoms with E-state index in [4.69, 9.17) is 4.42 Å². The van der Waals surface area contributed by atoms with Crippen molar-refractivity contribution < 1.29 is 9.21 Å². The third-order valence-electron chi connectivity index (χ3n) is 4.72. The van der Waals surface area contributed by atoms with Gasteiger partial charge in [0.2, 0.25) is 5.91 Å². The molecular formula is C20H25N5O2. The van der Waals surface area contributed by atoms with E-state index in [2.05, 4.69) is 29.1 Å². The summed E-state index contributed by atoms with van der Waals surface area (Å²) in [5.41, 5.74) is 2.09. The lowest BCUT2D eigenvalue weighted by Gasteiger charge is -2.27. The SMILES string of the molecule is Cc1ccc(CN(C)C(=O)CN(C)C(C)c2ccc(-n3cncn3)cc2)o1. The van der Waals surface area contributed by atoms with Crippen molar-refractivity contribution in [1.29, 1.82) is 0 Å². The summed E-state index contributed by atoms with van der Waals surface area (Å²) in [6.07, 6.45) is 3.18. The molecule has 3 rings (SSSR count). The highest BCUT2D eigenvalue weighted by Gasteiger charge is 2.18. The molecule has 0 aliphatic rings. The van der Waals surface area contributed by atoms with Gasteiger partial charge in [-0.25, -0.2) is 9.67 Å². The topological polar surface area (TPSA) is 67.4 Å². The fraction of sp³-hybridized carbons (Fsp3) is 0.350. The van der Waals surface area contributed by atoms with E-state index in [1.165, 1.54) is 6.33 Å². The monoisotopic (exact) mass is 367 g/mol. The van der Waals surface area contributed by atoms with Crippen LogP contribution in [-0.4, -0.2) is 51.1 Å². The van der Waals surface area contributed by atoms with Gasteiger partial charge in [-0.3, -0.25) is 9.69 Å². The molecule has 0 aliphatic carbocycles. The minimum Gasteiger partial charge on any atom is -0.464 e. The van der Waals surface area contributed by atoms with Crippen molar-refractivity contribution in [3.05, 3.63) is 66.1 Å². The molecule has 1 aromatic carbocycles. The number of likely N-dealkylation sites (N-methyl/N-ethyl adjacent to an activating group) is 2. The zero-order valence-corrected chi connectivity index (χ0v) is 16.2. The van der Waals surface area contributed by atoms with E-state index in [0.717, 1.165) is 22.8 Å². The Morgan fingerprint density at radius 1 is 1.19 bits per heavy atom. The largest absolute Gasteiger partial charge is 0.464 e. The van der Waals surface area contributed by atoms with Crippen LogP contribution in [0.15, 0.2) is 53.5 Å². The highest BCUT2D eigenvalue weighted by molar-refractivity contribution is 5.78. The van der Waals surface area contributed by atoms with Gasteiger partial charge in [0, 0.05) is 13.1 Å². The number of amides is 1. The zero-order valence-electron chi connectivity index (χ0n) is 16.2. The number of furan rings is 1. The molecule has 1 atom stereocenters. The average Bonchev–Trinajstić information content (AvgIpc) is 3.33. The van der Waals surface area contributed by atoms with Gasteiger partial charge in [-0.15, -0.1) is 0 Å². The first-order valence-corrected chi connectivity index (χ1v) is 8.88. The number of carbonyl (C=O) groups is 1. The summed E-state index contributed by atoms with van der Waals surface area (Å²) < 4.78 is 7.26. The third-order valence-corrected chi connectivity index (χ3v) is 4.72. The fourth-order valence-corrected chi connectivity index (χ4v) is 2.86. The molecule has 1 amide bonds. The van der Waals surface area contributed by atoms with E-state index >= 15 is 0 Å². The molecule has 0 saturated heterocycles. The summed E-state index contributed by atoms with van der Waals surface area (Å²) in [7, 11) is 3.75. The van der Waals surface area contributed by atoms with Crippen LogP contribution in [0.4, 0.5) is 0 Å². The van der Waals surface area contributed by atoms with Crippen LogP contribution >= 0.6 is 0 Å². The standard InChI is InChI=1S/C20H25N5O2/c1-15-5-10-19(27-15)11-24(4)20(26)12-23(3)16(2)17-6-8-18(9-7-17)25-14-21-13-22-25/h5-10,13-14,16H,11-12H2,1-4H3. The summed E-state index contributed by atoms with van der Waals surface area (Å²) in [5, 5.41) is 4.13. The number of aryl methyl sites for hydroxylation is 1. The number of hydrogen-bond donors (Lipinski definition) is 0. The van der Waals surface area contributed by atoms with Crippen molar-refractivity contribution in [3.63, 3.8) is 0 Å². The molecule has 0 spiro atoms. The van der Waals surface area contributed by atoms with Crippen LogP contribution in [0.1, 0.15) is 30.0 Å². The molecule has 2 heterocycles. The number of aromatic nitrogens is 3. The number of benzene rings is 1. The Kier molecular flexibility index (Phi) is 5.71. The predicted octanol–water partition coefficient (Wildman–Crippen LogP) is 2.82. The second-order valence-corrected chi connectivity index (χ2v) is 6.78. The number of carbonyl (C=O) groups excluding carboxylic acids is 1. The molecule has 7 heteroatoms. The van der Waals surface area contributed by atoms with Gasteiger partial charge in [0.1, 0.15) is 24.2 Å². The molecular weight excluding hydrogens is 342 g/mol. The first-order chi connectivity index (χ1) is 12.9. The van der Waals surface area contributed by atoms with Gasteiger partial charge in [-0.05, 0) is 50.7 Å². The Morgan fingerprint density at radius 3 is 2.52 bits per heavy atom. The molecule has 0 aliphatic heterocycles. The molecule has 3 aromatic rings. The van der Waals surface area contributed by atoms with Gasteiger partial charge >= 0.3 is 0 Å². The van der Waals surface area contributed by atoms with Gasteiger partial charge in [0.15, 0.2) is 0 Å². The van der Waals surface area contributed by atoms with E-state index in [9.17, 15) is 4.79 Å². The average molecular weight is 367 g/mol. The lowest BCUT2D eigenvalue weighted by Crippen LogP contribution is -2.37. The minimum absolute atomic E-state index is 0.0534. The molecule has 142 valence electrons. The van der Waals surface area contributed by atoms with Crippen molar-refractivity contribution in [3.8, 4) is 5.69 Å². The summed E-state index contributed by atoms with van der Waals surface area (Å²) in [4.78, 5) is 20.2. The Balaban J connectivity index is 1.57. The number of hydrogen-bond acceptors (Lipinski definition) is 5. The molecule has 7 nitrogen and oxygen atoms in total. The molecule has 0 radical (unpaired) electrons. The maximum atomic E-state index is 12.5. The predicted molar refractivity (Wildman–Crippen MR) is 102 cm³/mol. The lowest BCUT2D eigenvalue weighted by atomic mass is 10.1. The van der Waals surface area contributed by atoms with E-state index in [1.807, 2.05) is 43.1 Å². The maximum absolute atomic E-state index is 12.5. The molecule has 0 N–H and O–H groups in total. The molecule has 0 fully saturated rings. The highest BCUT2D eigenvalue weighted by atomic mass is 16.3. The van der Waals surface area contributed by atoms with Crippen molar-refractivity contribution in [1.82, 2.24) is 24.6 Å². The van der Waals surface area contributed by atoms with Gasteiger partial charge < -0.3 is 9.32 Å². The quantitative estimate of drug-likeness (QED) is 0.642. The number of rotatable bonds is 7. The summed E-state index contributed by atoms with van der Waals surface area (Å²) >= 11 is 0. The van der Waals surface area contributed by atoms with Crippen LogP contribution in [-0.2, 0) is 11.3 Å². The van der Waals surface area contributed by atoms with Crippen LogP contribution in [0.25, 0.3) is 5.69 Å². The van der Waals surface area contributed by atoms with E-state index in [0.29, 0.717) is 13.1 Å². The highest BCUT2D eigenvalue weighted by Crippen LogP contribution is 2.20. The second kappa shape index (κ2) is 8.18. The fourth-order valence-electron chi connectivity index (χ4n) is 2.86. The van der Waals surface area contributed by atoms with Crippen LogP contribution in [0.3, 0.4) is 0 Å². The van der Waals surface area contributed by atoms with Crippen molar-refractivity contribution in [2.45, 2.75) is 26.4 Å². The Labute approximate surface area is 159 Å². The van der Waals surface area contributed by atoms with Crippen molar-refractivity contribution >= 4 is 5.91 Å². The number of nitrogens with zero attached hydrogens (tertiary/aromatic N) is 5. The molecule has 0 bridgehead atoms. The van der Waals surface area contributed by atoms with Crippen molar-refractivity contribution in [2.24, 2.45) is 0 Å². The van der Waals surface area contributed by atoms with Crippen LogP contribution in [0.2, 0.25) is 0 Å². The molecule has 1 unspecified atom stereocenters. The van der Waals surface area contributed by atoms with Crippen LogP contribution in [0.5, 0.6) is 0 Å². The second-order valence-electron chi connectivity index (χ2n) is 6.78. The van der Waals surface area contributed by atoms with E-state index in [-0.39, 0.29) is 11.9 Å². The van der Waals surface area contributed by atoms with E-state index < -0.39 is 0 Å². The molecule has 2 aromatic heterocycles. The smallest absolute Gasteiger partial charge is 0.236 e. The first-order valence-electron chi connectivity index (χ1n) is 8.88. The first kappa shape index (κ1) is 18.8. The lowest BCUT2D eigenvalue weighted by molar-refractivity contribution is -0.132. The molecule has 0 saturated carbocycles. The Bertz CT molecular complexity index is 870. The molecule has 27 heavy (non-hydrogen) atoms. The minimum atomic E-state index is 0.0534. The Morgan fingerprint density at radius 2 is 1.93 bits per heavy atom. The summed E-state index contributed by atoms with van der Waals surface area (Å²) in [5.74, 6) is 1.70. The Hall–Kier alpha value is -2.93. The van der Waals surface area contributed by atoms with Crippen molar-refractivity contribution in [2.75, 3.05) is 20.6 Å². The van der Waals surface area contributed by atoms with E-state index in [1.54, 1.807) is 23.0 Å². The van der Waals surface area contributed by atoms with Gasteiger partial charge in [0.25, 0.3) is 0 Å². The third kappa shape index (κ3) is 4.62. The van der Waals surface area contributed by atoms with Gasteiger partial charge in [-0.2, -0.15) is 5.10 Å². The normalized spacial score (nSPS) is 12.3. The van der Waals surface area contributed by atoms with Gasteiger partial charge in [0.05, 0.1) is 18.8 Å². The zero-order chi connectivity index (χ0) is 19.4. The van der Waals surface area contributed by atoms with Crippen LogP contribution in [0, 0.1) is 6.92 Å². The van der Waals surface area contributed by atoms with Crippen LogP contribution < -0.4 is 0 Å². The summed E-state index contributed by atoms with van der Waals surface area (Å²) in [6, 6.07) is 12.0. The van der Waals surface area contributed by atoms with Gasteiger partial charge in [-0.1, -0.05) is 12.1 Å². The summed E-state index contributed by atoms with van der Waals surface area (Å²) in [6.45, 7) is 4.80. The maximum Gasteiger partial charge on any atom is 0.236 e.